The smallest absolute Gasteiger partial charge is 0.338 e. The number of halogens is 1. The number of nitrogens with zero attached hydrogens (tertiary/aromatic N) is 1. The Bertz CT molecular complexity index is 1270. The first-order valence-electron chi connectivity index (χ1n) is 11.1. The molecule has 1 saturated heterocycles. The van der Waals surface area contributed by atoms with Crippen LogP contribution in [0.25, 0.3) is 0 Å². The zero-order valence-corrected chi connectivity index (χ0v) is 20.3. The van der Waals surface area contributed by atoms with Crippen molar-refractivity contribution >= 4 is 51.0 Å². The maximum atomic E-state index is 13.2. The molecular formula is C26H23BrN2O5. The molecule has 3 amide bonds. The summed E-state index contributed by atoms with van der Waals surface area (Å²) >= 11 is 3.37. The van der Waals surface area contributed by atoms with E-state index < -0.39 is 18.5 Å². The minimum atomic E-state index is -0.707. The van der Waals surface area contributed by atoms with E-state index in [1.807, 2.05) is 19.9 Å². The number of fused-ring (bicyclic) bond motifs is 5. The van der Waals surface area contributed by atoms with Gasteiger partial charge in [0.1, 0.15) is 0 Å². The first-order chi connectivity index (χ1) is 16.2. The molecule has 2 fully saturated rings. The molecule has 2 aliphatic carbocycles. The van der Waals surface area contributed by atoms with Gasteiger partial charge < -0.3 is 10.1 Å². The number of nitrogens with one attached hydrogen (secondary N) is 1. The fourth-order valence-corrected chi connectivity index (χ4v) is 5.94. The van der Waals surface area contributed by atoms with E-state index in [0.29, 0.717) is 11.4 Å². The van der Waals surface area contributed by atoms with Gasteiger partial charge in [0.25, 0.3) is 5.91 Å². The highest BCUT2D eigenvalue weighted by Gasteiger charge is 2.60. The molecule has 4 atom stereocenters. The summed E-state index contributed by atoms with van der Waals surface area (Å²) < 4.78 is 6.07. The second-order valence-electron chi connectivity index (χ2n) is 9.11. The molecule has 1 saturated carbocycles. The summed E-state index contributed by atoms with van der Waals surface area (Å²) in [6, 6.07) is 11.7. The monoisotopic (exact) mass is 522 g/mol. The van der Waals surface area contributed by atoms with Crippen LogP contribution in [0, 0.1) is 30.6 Å². The molecule has 0 unspecified atom stereocenters. The van der Waals surface area contributed by atoms with Crippen molar-refractivity contribution in [2.24, 2.45) is 23.7 Å². The van der Waals surface area contributed by atoms with Crippen LogP contribution in [0.15, 0.2) is 58.6 Å². The highest BCUT2D eigenvalue weighted by Crippen LogP contribution is 2.55. The van der Waals surface area contributed by atoms with E-state index in [4.69, 9.17) is 4.74 Å². The lowest BCUT2D eigenvalue weighted by atomic mass is 9.82. The van der Waals surface area contributed by atoms with Gasteiger partial charge in [-0.05, 0) is 74.1 Å². The van der Waals surface area contributed by atoms with Gasteiger partial charge in [0.05, 0.1) is 23.1 Å². The average Bonchev–Trinajstić information content (AvgIpc) is 3.44. The Morgan fingerprint density at radius 1 is 1.09 bits per heavy atom. The van der Waals surface area contributed by atoms with E-state index in [2.05, 4.69) is 27.3 Å². The molecule has 1 aliphatic heterocycles. The maximum Gasteiger partial charge on any atom is 0.338 e. The van der Waals surface area contributed by atoms with Gasteiger partial charge in [0.15, 0.2) is 6.61 Å². The van der Waals surface area contributed by atoms with Gasteiger partial charge in [-0.15, -0.1) is 0 Å². The number of carbonyl (C=O) groups excluding carboxylic acids is 4. The van der Waals surface area contributed by atoms with Gasteiger partial charge in [-0.1, -0.05) is 33.6 Å². The summed E-state index contributed by atoms with van der Waals surface area (Å²) in [5.41, 5.74) is 3.20. The Morgan fingerprint density at radius 3 is 2.62 bits per heavy atom. The van der Waals surface area contributed by atoms with E-state index in [0.717, 1.165) is 16.5 Å². The van der Waals surface area contributed by atoms with Crippen molar-refractivity contribution in [2.45, 2.75) is 20.3 Å². The van der Waals surface area contributed by atoms with Crippen LogP contribution >= 0.6 is 15.9 Å². The van der Waals surface area contributed by atoms with Crippen LogP contribution in [0.4, 0.5) is 11.4 Å². The molecule has 0 spiro atoms. The van der Waals surface area contributed by atoms with Gasteiger partial charge in [-0.3, -0.25) is 14.4 Å². The molecule has 0 radical (unpaired) electrons. The van der Waals surface area contributed by atoms with Crippen molar-refractivity contribution in [3.05, 3.63) is 69.7 Å². The van der Waals surface area contributed by atoms with Crippen LogP contribution in [-0.2, 0) is 19.1 Å². The number of aryl methyl sites for hydroxylation is 1. The first kappa shape index (κ1) is 22.5. The predicted octanol–water partition coefficient (Wildman–Crippen LogP) is 4.25. The fraction of sp³-hybridized carbons (Fsp3) is 0.308. The molecule has 1 N–H and O–H groups in total. The molecule has 5 rings (SSSR count). The third-order valence-corrected chi connectivity index (χ3v) is 7.51. The Labute approximate surface area is 205 Å². The Hall–Kier alpha value is -3.26. The van der Waals surface area contributed by atoms with E-state index >= 15 is 0 Å². The van der Waals surface area contributed by atoms with Gasteiger partial charge in [-0.2, -0.15) is 0 Å². The number of carbonyl (C=O) groups is 4. The normalized spacial score (nSPS) is 24.8. The van der Waals surface area contributed by atoms with Gasteiger partial charge in [0.2, 0.25) is 11.8 Å². The third-order valence-electron chi connectivity index (χ3n) is 7.02. The first-order valence-corrected chi connectivity index (χ1v) is 11.9. The van der Waals surface area contributed by atoms with E-state index in [1.165, 1.54) is 22.6 Å². The van der Waals surface area contributed by atoms with Crippen LogP contribution < -0.4 is 10.2 Å². The number of anilines is 2. The van der Waals surface area contributed by atoms with Gasteiger partial charge >= 0.3 is 5.97 Å². The molecular weight excluding hydrogens is 500 g/mol. The number of allylic oxidation sites excluding steroid dienone is 2. The van der Waals surface area contributed by atoms with Crippen LogP contribution in [0.1, 0.15) is 29.3 Å². The van der Waals surface area contributed by atoms with Crippen LogP contribution in [0.3, 0.4) is 0 Å². The van der Waals surface area contributed by atoms with Crippen LogP contribution in [-0.4, -0.2) is 30.3 Å². The number of hydrogen-bond acceptors (Lipinski definition) is 5. The fourth-order valence-electron chi connectivity index (χ4n) is 5.47. The summed E-state index contributed by atoms with van der Waals surface area (Å²) in [5.74, 6) is -1.99. The Morgan fingerprint density at radius 2 is 1.85 bits per heavy atom. The van der Waals surface area contributed by atoms with Gasteiger partial charge in [0, 0.05) is 10.2 Å². The second-order valence-corrected chi connectivity index (χ2v) is 10.0. The van der Waals surface area contributed by atoms with Gasteiger partial charge in [-0.25, -0.2) is 9.69 Å². The molecule has 2 aromatic rings. The summed E-state index contributed by atoms with van der Waals surface area (Å²) in [6.07, 6.45) is 2.98. The van der Waals surface area contributed by atoms with E-state index in [1.54, 1.807) is 24.3 Å². The molecule has 174 valence electrons. The molecule has 3 aliphatic rings. The minimum absolute atomic E-state index is 0.109. The molecule has 34 heavy (non-hydrogen) atoms. The standard InChI is InChI=1S/C26H23BrN2O5/c1-13-8-16-11-19(13)23-22(16)24(31)29(25(23)32)18-5-3-4-15(10-18)26(33)34-12-21(30)28-20-7-6-17(27)9-14(20)2/h3-10,16,19,22-23H,11-12H2,1-2H3,(H,28,30)/t16-,19+,22-,23-/m0/s1. The van der Waals surface area contributed by atoms with Crippen molar-refractivity contribution < 1.29 is 23.9 Å². The lowest BCUT2D eigenvalue weighted by Gasteiger charge is -2.19. The van der Waals surface area contributed by atoms with Crippen molar-refractivity contribution in [3.8, 4) is 0 Å². The van der Waals surface area contributed by atoms with Crippen molar-refractivity contribution in [1.29, 1.82) is 0 Å². The maximum absolute atomic E-state index is 13.2. The second kappa shape index (κ2) is 8.51. The van der Waals surface area contributed by atoms with Crippen molar-refractivity contribution in [3.63, 3.8) is 0 Å². The quantitative estimate of drug-likeness (QED) is 0.360. The third kappa shape index (κ3) is 3.76. The zero-order chi connectivity index (χ0) is 24.1. The number of amides is 3. The van der Waals surface area contributed by atoms with E-state index in [-0.39, 0.29) is 41.0 Å². The largest absolute Gasteiger partial charge is 0.452 e. The molecule has 8 heteroatoms. The zero-order valence-electron chi connectivity index (χ0n) is 18.7. The number of ether oxygens (including phenoxy) is 1. The molecule has 2 bridgehead atoms. The summed E-state index contributed by atoms with van der Waals surface area (Å²) in [4.78, 5) is 52.3. The van der Waals surface area contributed by atoms with E-state index in [9.17, 15) is 19.2 Å². The molecule has 2 aromatic carbocycles. The van der Waals surface area contributed by atoms with Crippen molar-refractivity contribution in [1.82, 2.24) is 0 Å². The summed E-state index contributed by atoms with van der Waals surface area (Å²) in [6.45, 7) is 3.42. The molecule has 7 nitrogen and oxygen atoms in total. The van der Waals surface area contributed by atoms with Crippen LogP contribution in [0.2, 0.25) is 0 Å². The molecule has 1 heterocycles. The number of imide groups is 1. The lowest BCUT2D eigenvalue weighted by Crippen LogP contribution is -2.33. The number of benzene rings is 2. The number of hydrogen-bond donors (Lipinski definition) is 1. The Balaban J connectivity index is 1.25. The predicted molar refractivity (Wildman–Crippen MR) is 129 cm³/mol. The number of rotatable bonds is 5. The SMILES string of the molecule is CC1=C[C@H]2C[C@H]1[C@@H]1C(=O)N(c3cccc(C(=O)OCC(=O)Nc4ccc(Br)cc4C)c3)C(=O)[C@H]12. The highest BCUT2D eigenvalue weighted by atomic mass is 79.9. The van der Waals surface area contributed by atoms with Crippen molar-refractivity contribution in [2.75, 3.05) is 16.8 Å². The molecule has 0 aromatic heterocycles. The Kier molecular flexibility index (Phi) is 5.64. The average molecular weight is 523 g/mol. The summed E-state index contributed by atoms with van der Waals surface area (Å²) in [7, 11) is 0. The number of esters is 1. The lowest BCUT2D eigenvalue weighted by molar-refractivity contribution is -0.123. The highest BCUT2D eigenvalue weighted by molar-refractivity contribution is 9.10. The minimum Gasteiger partial charge on any atom is -0.452 e. The summed E-state index contributed by atoms with van der Waals surface area (Å²) in [5, 5.41) is 2.71. The van der Waals surface area contributed by atoms with Crippen LogP contribution in [0.5, 0.6) is 0 Å². The topological polar surface area (TPSA) is 92.8 Å².